The van der Waals surface area contributed by atoms with Crippen LogP contribution < -0.4 is 0 Å². The smallest absolute Gasteiger partial charge is 0.309 e. The predicted molar refractivity (Wildman–Crippen MR) is 126 cm³/mol. The molecule has 0 amide bonds. The summed E-state index contributed by atoms with van der Waals surface area (Å²) in [6.45, 7) is 0. The van der Waals surface area contributed by atoms with Crippen LogP contribution in [0.1, 0.15) is 0 Å². The van der Waals surface area contributed by atoms with Crippen LogP contribution in [0, 0.1) is 0 Å². The van der Waals surface area contributed by atoms with Gasteiger partial charge in [0.2, 0.25) is 0 Å². The van der Waals surface area contributed by atoms with Crippen molar-refractivity contribution in [1.29, 1.82) is 0 Å². The molecule has 3 aromatic carbocycles. The van der Waals surface area contributed by atoms with E-state index in [1.54, 1.807) is 6.20 Å². The largest absolute Gasteiger partial charge is 0.423 e. The zero-order valence-electron chi connectivity index (χ0n) is 16.9. The van der Waals surface area contributed by atoms with Crippen LogP contribution in [0.2, 0.25) is 0 Å². The molecule has 0 aliphatic carbocycles. The van der Waals surface area contributed by atoms with Crippen molar-refractivity contribution in [1.82, 2.24) is 19.4 Å². The minimum atomic E-state index is 0.556. The minimum absolute atomic E-state index is 0.556. The van der Waals surface area contributed by atoms with Gasteiger partial charge in [-0.05, 0) is 29.8 Å². The molecule has 4 heterocycles. The maximum Gasteiger partial charge on any atom is 0.309 e. The summed E-state index contributed by atoms with van der Waals surface area (Å²) in [5.74, 6) is 0.556. The fourth-order valence-electron chi connectivity index (χ4n) is 4.45. The first-order chi connectivity index (χ1) is 15.9. The van der Waals surface area contributed by atoms with Gasteiger partial charge in [-0.3, -0.25) is 4.98 Å². The Morgan fingerprint density at radius 3 is 2.41 bits per heavy atom. The maximum absolute atomic E-state index is 6.01. The second-order valence-electron chi connectivity index (χ2n) is 7.80. The number of nitrogens with zero attached hydrogens (tertiary/aromatic N) is 4. The van der Waals surface area contributed by atoms with Gasteiger partial charge in [-0.15, -0.1) is 0 Å². The quantitative estimate of drug-likeness (QED) is 0.325. The first-order valence-corrected chi connectivity index (χ1v) is 10.5. The summed E-state index contributed by atoms with van der Waals surface area (Å²) in [6, 6.07) is 28.7. The molecule has 0 saturated carbocycles. The Morgan fingerprint density at radius 1 is 0.688 bits per heavy atom. The standard InChI is InChI=1S/C27H16N4O/c1-2-11-21-20(10-1)24(18-8-5-7-17(15-18)19-9-6-14-28-16-19)29-26-25(21)30-27-31(26)22-12-3-4-13-23(22)32-27/h1-16H. The minimum Gasteiger partial charge on any atom is -0.423 e. The van der Waals surface area contributed by atoms with Crippen molar-refractivity contribution < 1.29 is 4.42 Å². The number of rotatable bonds is 2. The second kappa shape index (κ2) is 6.49. The highest BCUT2D eigenvalue weighted by Gasteiger charge is 2.19. The van der Waals surface area contributed by atoms with Gasteiger partial charge in [0.25, 0.3) is 0 Å². The third-order valence-electron chi connectivity index (χ3n) is 5.92. The molecule has 0 bridgehead atoms. The van der Waals surface area contributed by atoms with Crippen LogP contribution in [0.3, 0.4) is 0 Å². The van der Waals surface area contributed by atoms with Crippen LogP contribution in [-0.4, -0.2) is 19.4 Å². The lowest BCUT2D eigenvalue weighted by atomic mass is 9.99. The highest BCUT2D eigenvalue weighted by Crippen LogP contribution is 2.35. The zero-order valence-corrected chi connectivity index (χ0v) is 16.9. The molecule has 0 aliphatic rings. The van der Waals surface area contributed by atoms with Crippen LogP contribution in [0.25, 0.3) is 61.3 Å². The van der Waals surface area contributed by atoms with Gasteiger partial charge >= 0.3 is 5.84 Å². The van der Waals surface area contributed by atoms with E-state index in [1.165, 1.54) is 0 Å². The number of fused-ring (bicyclic) bond motifs is 7. The lowest BCUT2D eigenvalue weighted by Crippen LogP contribution is -1.92. The van der Waals surface area contributed by atoms with E-state index >= 15 is 0 Å². The molecule has 0 N–H and O–H groups in total. The summed E-state index contributed by atoms with van der Waals surface area (Å²) in [6.07, 6.45) is 3.67. The molecule has 7 aromatic rings. The van der Waals surface area contributed by atoms with Gasteiger partial charge in [-0.25, -0.2) is 9.38 Å². The summed E-state index contributed by atoms with van der Waals surface area (Å²) in [7, 11) is 0. The lowest BCUT2D eigenvalue weighted by Gasteiger charge is -2.09. The SMILES string of the molecule is c1cncc(-c2cccc(-c3nc4c(nc5oc6ccccc6n54)c4ccccc34)c2)c1. The maximum atomic E-state index is 6.01. The molecule has 0 fully saturated rings. The van der Waals surface area contributed by atoms with Gasteiger partial charge in [0.05, 0.1) is 11.2 Å². The molecule has 0 radical (unpaired) electrons. The summed E-state index contributed by atoms with van der Waals surface area (Å²) < 4.78 is 8.02. The van der Waals surface area contributed by atoms with Gasteiger partial charge in [0.15, 0.2) is 11.2 Å². The number of benzene rings is 3. The molecule has 32 heavy (non-hydrogen) atoms. The molecule has 5 nitrogen and oxygen atoms in total. The van der Waals surface area contributed by atoms with E-state index in [9.17, 15) is 0 Å². The molecule has 0 unspecified atom stereocenters. The van der Waals surface area contributed by atoms with Gasteiger partial charge in [0, 0.05) is 34.3 Å². The van der Waals surface area contributed by atoms with E-state index < -0.39 is 0 Å². The van der Waals surface area contributed by atoms with Gasteiger partial charge in [-0.2, -0.15) is 4.98 Å². The summed E-state index contributed by atoms with van der Waals surface area (Å²) >= 11 is 0. The molecular weight excluding hydrogens is 396 g/mol. The topological polar surface area (TPSA) is 56.2 Å². The normalized spacial score (nSPS) is 11.8. The van der Waals surface area contributed by atoms with Crippen molar-refractivity contribution in [3.8, 4) is 22.4 Å². The lowest BCUT2D eigenvalue weighted by molar-refractivity contribution is 0.643. The van der Waals surface area contributed by atoms with Crippen molar-refractivity contribution >= 4 is 38.9 Å². The Bertz CT molecular complexity index is 1780. The van der Waals surface area contributed by atoms with Gasteiger partial charge in [-0.1, -0.05) is 60.7 Å². The molecule has 5 heteroatoms. The van der Waals surface area contributed by atoms with Gasteiger partial charge in [0.1, 0.15) is 5.52 Å². The van der Waals surface area contributed by atoms with E-state index in [4.69, 9.17) is 14.4 Å². The number of hydrogen-bond acceptors (Lipinski definition) is 4. The summed E-state index contributed by atoms with van der Waals surface area (Å²) in [5, 5.41) is 2.12. The number of aromatic nitrogens is 4. The number of imidazole rings is 1. The predicted octanol–water partition coefficient (Wildman–Crippen LogP) is 6.51. The summed E-state index contributed by atoms with van der Waals surface area (Å²) in [4.78, 5) is 14.2. The second-order valence-corrected chi connectivity index (χ2v) is 7.80. The summed E-state index contributed by atoms with van der Waals surface area (Å²) in [5.41, 5.74) is 7.55. The number of hydrogen-bond donors (Lipinski definition) is 0. The molecule has 0 spiro atoms. The van der Waals surface area contributed by atoms with Crippen LogP contribution >= 0.6 is 0 Å². The van der Waals surface area contributed by atoms with Crippen LogP contribution in [0.5, 0.6) is 0 Å². The van der Waals surface area contributed by atoms with E-state index in [2.05, 4.69) is 47.4 Å². The van der Waals surface area contributed by atoms with Crippen molar-refractivity contribution in [2.24, 2.45) is 0 Å². The van der Waals surface area contributed by atoms with E-state index in [0.717, 1.165) is 55.4 Å². The highest BCUT2D eigenvalue weighted by molar-refractivity contribution is 6.10. The van der Waals surface area contributed by atoms with E-state index in [0.29, 0.717) is 5.84 Å². The Balaban J connectivity index is 1.58. The molecule has 4 aromatic heterocycles. The average Bonchev–Trinajstić information content (AvgIpc) is 3.40. The Hall–Kier alpha value is -4.51. The van der Waals surface area contributed by atoms with Crippen molar-refractivity contribution in [2.45, 2.75) is 0 Å². The van der Waals surface area contributed by atoms with Crippen LogP contribution in [-0.2, 0) is 0 Å². The first-order valence-electron chi connectivity index (χ1n) is 10.5. The van der Waals surface area contributed by atoms with E-state index in [-0.39, 0.29) is 0 Å². The first kappa shape index (κ1) is 17.2. The van der Waals surface area contributed by atoms with E-state index in [1.807, 2.05) is 53.1 Å². The third kappa shape index (κ3) is 2.42. The number of pyridine rings is 2. The molecule has 0 aliphatic heterocycles. The fraction of sp³-hybridized carbons (Fsp3) is 0. The third-order valence-corrected chi connectivity index (χ3v) is 5.92. The molecule has 7 rings (SSSR count). The van der Waals surface area contributed by atoms with Crippen LogP contribution in [0.4, 0.5) is 0 Å². The number of para-hydroxylation sites is 2. The highest BCUT2D eigenvalue weighted by atomic mass is 16.4. The van der Waals surface area contributed by atoms with Crippen molar-refractivity contribution in [2.75, 3.05) is 0 Å². The molecular formula is C27H16N4O. The van der Waals surface area contributed by atoms with Crippen molar-refractivity contribution in [3.05, 3.63) is 97.3 Å². The fourth-order valence-corrected chi connectivity index (χ4v) is 4.45. The zero-order chi connectivity index (χ0) is 21.1. The number of oxazole rings is 1. The van der Waals surface area contributed by atoms with Crippen LogP contribution in [0.15, 0.2) is 102 Å². The molecule has 150 valence electrons. The Kier molecular flexibility index (Phi) is 3.49. The molecule has 0 saturated heterocycles. The average molecular weight is 412 g/mol. The monoisotopic (exact) mass is 412 g/mol. The van der Waals surface area contributed by atoms with Crippen molar-refractivity contribution in [3.63, 3.8) is 0 Å². The Labute approximate surface area is 182 Å². The van der Waals surface area contributed by atoms with Gasteiger partial charge < -0.3 is 4.42 Å². The Morgan fingerprint density at radius 2 is 1.50 bits per heavy atom. The molecule has 0 atom stereocenters.